The molecule has 1 rings (SSSR count). The molecular weight excluding hydrogens is 308 g/mol. The van der Waals surface area contributed by atoms with Crippen molar-refractivity contribution in [3.8, 4) is 11.5 Å². The van der Waals surface area contributed by atoms with Gasteiger partial charge in [-0.1, -0.05) is 13.8 Å². The highest BCUT2D eigenvalue weighted by molar-refractivity contribution is 7.92. The van der Waals surface area contributed by atoms with Crippen molar-refractivity contribution in [2.75, 3.05) is 30.5 Å². The number of sulfonamides is 1. The van der Waals surface area contributed by atoms with Crippen LogP contribution in [0.2, 0.25) is 0 Å². The Morgan fingerprint density at radius 2 is 1.64 bits per heavy atom. The average molecular weight is 330 g/mol. The molecule has 22 heavy (non-hydrogen) atoms. The van der Waals surface area contributed by atoms with Gasteiger partial charge in [0, 0.05) is 18.6 Å². The molecule has 0 aliphatic rings. The van der Waals surface area contributed by atoms with Crippen molar-refractivity contribution in [1.82, 2.24) is 0 Å². The maximum Gasteiger partial charge on any atom is 0.229 e. The number of hydrogen-bond acceptors (Lipinski definition) is 5. The van der Waals surface area contributed by atoms with Gasteiger partial charge in [-0.3, -0.25) is 9.52 Å². The highest BCUT2D eigenvalue weighted by Crippen LogP contribution is 2.36. The fraction of sp³-hybridized carbons (Fsp3) is 0.500. The first-order chi connectivity index (χ1) is 10.2. The van der Waals surface area contributed by atoms with E-state index in [9.17, 15) is 13.2 Å². The SMILES string of the molecule is COc1cc(NS(C)(=O)=O)c(OC)cc1NC(=O)CC(C)C. The lowest BCUT2D eigenvalue weighted by Crippen LogP contribution is -2.15. The highest BCUT2D eigenvalue weighted by atomic mass is 32.2. The molecule has 0 saturated heterocycles. The van der Waals surface area contributed by atoms with Crippen LogP contribution in [-0.2, 0) is 14.8 Å². The molecule has 1 aromatic rings. The third-order valence-electron chi connectivity index (χ3n) is 2.68. The molecule has 0 spiro atoms. The number of ether oxygens (including phenoxy) is 2. The minimum absolute atomic E-state index is 0.154. The first-order valence-electron chi connectivity index (χ1n) is 6.70. The molecular formula is C14H22N2O5S. The zero-order chi connectivity index (χ0) is 16.9. The van der Waals surface area contributed by atoms with E-state index in [1.807, 2.05) is 13.8 Å². The molecule has 0 aromatic heterocycles. The first kappa shape index (κ1) is 18.1. The Balaban J connectivity index is 3.16. The average Bonchev–Trinajstić information content (AvgIpc) is 2.37. The fourth-order valence-electron chi connectivity index (χ4n) is 1.85. The van der Waals surface area contributed by atoms with Gasteiger partial charge in [-0.05, 0) is 5.92 Å². The predicted molar refractivity (Wildman–Crippen MR) is 86.1 cm³/mol. The molecule has 8 heteroatoms. The van der Waals surface area contributed by atoms with Gasteiger partial charge in [-0.15, -0.1) is 0 Å². The van der Waals surface area contributed by atoms with E-state index in [1.54, 1.807) is 0 Å². The third-order valence-corrected chi connectivity index (χ3v) is 3.28. The number of amides is 1. The van der Waals surface area contributed by atoms with Gasteiger partial charge in [0.25, 0.3) is 0 Å². The van der Waals surface area contributed by atoms with Crippen molar-refractivity contribution in [3.05, 3.63) is 12.1 Å². The van der Waals surface area contributed by atoms with Crippen LogP contribution in [0.5, 0.6) is 11.5 Å². The van der Waals surface area contributed by atoms with Gasteiger partial charge in [-0.2, -0.15) is 0 Å². The van der Waals surface area contributed by atoms with Gasteiger partial charge in [0.2, 0.25) is 15.9 Å². The molecule has 0 fully saturated rings. The van der Waals surface area contributed by atoms with Crippen LogP contribution in [0, 0.1) is 5.92 Å². The normalized spacial score (nSPS) is 11.2. The van der Waals surface area contributed by atoms with E-state index in [0.717, 1.165) is 6.26 Å². The molecule has 0 radical (unpaired) electrons. The number of anilines is 2. The second-order valence-electron chi connectivity index (χ2n) is 5.27. The summed E-state index contributed by atoms with van der Waals surface area (Å²) in [5.41, 5.74) is 0.660. The van der Waals surface area contributed by atoms with Crippen molar-refractivity contribution < 1.29 is 22.7 Å². The summed E-state index contributed by atoms with van der Waals surface area (Å²) in [4.78, 5) is 11.9. The Morgan fingerprint density at radius 1 is 1.14 bits per heavy atom. The molecule has 0 bridgehead atoms. The molecule has 1 amide bonds. The van der Waals surface area contributed by atoms with Crippen LogP contribution in [0.3, 0.4) is 0 Å². The van der Waals surface area contributed by atoms with Gasteiger partial charge in [0.1, 0.15) is 11.5 Å². The molecule has 0 aliphatic carbocycles. The number of carbonyl (C=O) groups is 1. The Morgan fingerprint density at radius 3 is 2.09 bits per heavy atom. The number of carbonyl (C=O) groups excluding carboxylic acids is 1. The standard InChI is InChI=1S/C14H22N2O5S/c1-9(2)6-14(17)15-10-7-13(21-4)11(8-12(10)20-3)16-22(5,18)19/h7-9,16H,6H2,1-5H3,(H,15,17). The first-order valence-corrected chi connectivity index (χ1v) is 8.59. The largest absolute Gasteiger partial charge is 0.494 e. The summed E-state index contributed by atoms with van der Waals surface area (Å²) in [5.74, 6) is 0.688. The number of benzene rings is 1. The van der Waals surface area contributed by atoms with E-state index in [2.05, 4.69) is 10.0 Å². The third kappa shape index (κ3) is 5.44. The molecule has 0 atom stereocenters. The van der Waals surface area contributed by atoms with Crippen LogP contribution in [0.1, 0.15) is 20.3 Å². The minimum atomic E-state index is -3.46. The summed E-state index contributed by atoms with van der Waals surface area (Å²) in [6.07, 6.45) is 1.41. The maximum atomic E-state index is 11.9. The summed E-state index contributed by atoms with van der Waals surface area (Å²) in [6, 6.07) is 2.98. The molecule has 1 aromatic carbocycles. The zero-order valence-electron chi connectivity index (χ0n) is 13.4. The summed E-state index contributed by atoms with van der Waals surface area (Å²) in [5, 5.41) is 2.74. The quantitative estimate of drug-likeness (QED) is 0.798. The smallest absolute Gasteiger partial charge is 0.229 e. The van der Waals surface area contributed by atoms with Gasteiger partial charge >= 0.3 is 0 Å². The summed E-state index contributed by atoms with van der Waals surface area (Å²) in [6.45, 7) is 3.88. The molecule has 0 unspecified atom stereocenters. The number of methoxy groups -OCH3 is 2. The van der Waals surface area contributed by atoms with Crippen LogP contribution < -0.4 is 19.5 Å². The molecule has 7 nitrogen and oxygen atoms in total. The second-order valence-corrected chi connectivity index (χ2v) is 7.02. The van der Waals surface area contributed by atoms with Crippen LogP contribution in [0.4, 0.5) is 11.4 Å². The highest BCUT2D eigenvalue weighted by Gasteiger charge is 2.16. The topological polar surface area (TPSA) is 93.7 Å². The zero-order valence-corrected chi connectivity index (χ0v) is 14.2. The predicted octanol–water partition coefficient (Wildman–Crippen LogP) is 2.06. The molecule has 0 heterocycles. The Hall–Kier alpha value is -1.96. The van der Waals surface area contributed by atoms with Crippen molar-refractivity contribution in [2.24, 2.45) is 5.92 Å². The minimum Gasteiger partial charge on any atom is -0.494 e. The van der Waals surface area contributed by atoms with Crippen molar-refractivity contribution in [2.45, 2.75) is 20.3 Å². The Labute approximate surface area is 131 Å². The van der Waals surface area contributed by atoms with E-state index in [0.29, 0.717) is 17.9 Å². The van der Waals surface area contributed by atoms with E-state index in [1.165, 1.54) is 26.4 Å². The summed E-state index contributed by atoms with van der Waals surface area (Å²) >= 11 is 0. The number of hydrogen-bond donors (Lipinski definition) is 2. The van der Waals surface area contributed by atoms with Gasteiger partial charge in [0.15, 0.2) is 0 Å². The van der Waals surface area contributed by atoms with Crippen molar-refractivity contribution in [1.29, 1.82) is 0 Å². The maximum absolute atomic E-state index is 11.9. The monoisotopic (exact) mass is 330 g/mol. The number of rotatable bonds is 7. The van der Waals surface area contributed by atoms with Crippen molar-refractivity contribution >= 4 is 27.3 Å². The van der Waals surface area contributed by atoms with E-state index in [-0.39, 0.29) is 23.3 Å². The van der Waals surface area contributed by atoms with Crippen LogP contribution in [0.15, 0.2) is 12.1 Å². The Kier molecular flexibility index (Phi) is 6.04. The van der Waals surface area contributed by atoms with Crippen LogP contribution in [0.25, 0.3) is 0 Å². The lowest BCUT2D eigenvalue weighted by atomic mass is 10.1. The lowest BCUT2D eigenvalue weighted by Gasteiger charge is -2.16. The fourth-order valence-corrected chi connectivity index (χ4v) is 2.41. The van der Waals surface area contributed by atoms with Gasteiger partial charge in [-0.25, -0.2) is 8.42 Å². The molecule has 0 saturated carbocycles. The van der Waals surface area contributed by atoms with Crippen molar-refractivity contribution in [3.63, 3.8) is 0 Å². The molecule has 124 valence electrons. The van der Waals surface area contributed by atoms with Gasteiger partial charge in [0.05, 0.1) is 31.9 Å². The molecule has 2 N–H and O–H groups in total. The Bertz CT molecular complexity index is 641. The lowest BCUT2D eigenvalue weighted by molar-refractivity contribution is -0.116. The molecule has 0 aliphatic heterocycles. The summed E-state index contributed by atoms with van der Waals surface area (Å²) in [7, 11) is -0.613. The number of nitrogens with one attached hydrogen (secondary N) is 2. The van der Waals surface area contributed by atoms with Crippen LogP contribution in [-0.4, -0.2) is 34.8 Å². The van der Waals surface area contributed by atoms with E-state index in [4.69, 9.17) is 9.47 Å². The van der Waals surface area contributed by atoms with Crippen LogP contribution >= 0.6 is 0 Å². The van der Waals surface area contributed by atoms with E-state index >= 15 is 0 Å². The van der Waals surface area contributed by atoms with E-state index < -0.39 is 10.0 Å². The van der Waals surface area contributed by atoms with Gasteiger partial charge < -0.3 is 14.8 Å². The summed E-state index contributed by atoms with van der Waals surface area (Å²) < 4.78 is 35.5. The second kappa shape index (κ2) is 7.35.